The Labute approximate surface area is 189 Å². The normalized spacial score (nSPS) is 27.8. The molecule has 1 aromatic heterocycles. The standard InChI is InChI=1S/C24H21FN6O2/c25-22-9-17(31-13-18(33-23(31)32)12-30-8-7-28-29-30)5-6-19(22)15-1-3-16(4-2-15)24(14-26)20-10-27-11-21(20)24/h1-9,18,20-21,27H,10-13H2/t18-,20-,21+,24?/m0/s1. The largest absolute Gasteiger partial charge is 0.442 e. The van der Waals surface area contributed by atoms with E-state index in [1.165, 1.54) is 11.0 Å². The molecule has 2 saturated heterocycles. The number of benzene rings is 2. The number of halogens is 1. The molecule has 2 aromatic carbocycles. The average molecular weight is 444 g/mol. The molecule has 0 radical (unpaired) electrons. The molecule has 33 heavy (non-hydrogen) atoms. The summed E-state index contributed by atoms with van der Waals surface area (Å²) in [6.07, 6.45) is 2.35. The molecular weight excluding hydrogens is 423 g/mol. The minimum absolute atomic E-state index is 0.305. The molecule has 1 amide bonds. The SMILES string of the molecule is N#CC1(c2ccc(-c3ccc(N4C[C@H](Cn5ccnn5)OC4=O)cc3F)cc2)[C@@H]2CNC[C@@H]21. The van der Waals surface area contributed by atoms with Gasteiger partial charge < -0.3 is 10.1 Å². The Morgan fingerprint density at radius 2 is 2.00 bits per heavy atom. The summed E-state index contributed by atoms with van der Waals surface area (Å²) in [5.41, 5.74) is 2.21. The van der Waals surface area contributed by atoms with Crippen LogP contribution in [0.1, 0.15) is 5.56 Å². The minimum Gasteiger partial charge on any atom is -0.442 e. The van der Waals surface area contributed by atoms with Crippen molar-refractivity contribution in [2.75, 3.05) is 24.5 Å². The maximum absolute atomic E-state index is 15.1. The molecule has 1 unspecified atom stereocenters. The molecule has 166 valence electrons. The lowest BCUT2D eigenvalue weighted by Crippen LogP contribution is -2.26. The molecule has 9 heteroatoms. The molecule has 2 aliphatic heterocycles. The van der Waals surface area contributed by atoms with Crippen molar-refractivity contribution in [2.24, 2.45) is 11.8 Å². The number of anilines is 1. The van der Waals surface area contributed by atoms with Crippen LogP contribution in [-0.4, -0.2) is 46.8 Å². The van der Waals surface area contributed by atoms with Gasteiger partial charge in [-0.1, -0.05) is 29.5 Å². The highest BCUT2D eigenvalue weighted by molar-refractivity contribution is 5.90. The fourth-order valence-electron chi connectivity index (χ4n) is 5.40. The number of aromatic nitrogens is 3. The summed E-state index contributed by atoms with van der Waals surface area (Å²) in [7, 11) is 0. The predicted octanol–water partition coefficient (Wildman–Crippen LogP) is 2.72. The highest BCUT2D eigenvalue weighted by Gasteiger charge is 2.68. The van der Waals surface area contributed by atoms with Crippen molar-refractivity contribution in [1.29, 1.82) is 5.26 Å². The zero-order valence-electron chi connectivity index (χ0n) is 17.7. The van der Waals surface area contributed by atoms with E-state index >= 15 is 4.39 Å². The van der Waals surface area contributed by atoms with Gasteiger partial charge in [-0.15, -0.1) is 5.10 Å². The quantitative estimate of drug-likeness (QED) is 0.650. The summed E-state index contributed by atoms with van der Waals surface area (Å²) in [5.74, 6) is 0.297. The first-order chi connectivity index (χ1) is 16.1. The first kappa shape index (κ1) is 19.9. The number of cyclic esters (lactones) is 1. The van der Waals surface area contributed by atoms with Gasteiger partial charge in [-0.2, -0.15) is 5.26 Å². The van der Waals surface area contributed by atoms with E-state index in [-0.39, 0.29) is 6.10 Å². The van der Waals surface area contributed by atoms with Crippen LogP contribution in [0.4, 0.5) is 14.9 Å². The van der Waals surface area contributed by atoms with Crippen molar-refractivity contribution >= 4 is 11.8 Å². The molecule has 1 saturated carbocycles. The number of rotatable bonds is 5. The van der Waals surface area contributed by atoms with E-state index < -0.39 is 17.3 Å². The molecule has 0 bridgehead atoms. The van der Waals surface area contributed by atoms with Gasteiger partial charge in [0.2, 0.25) is 0 Å². The summed E-state index contributed by atoms with van der Waals surface area (Å²) in [6.45, 7) is 2.43. The van der Waals surface area contributed by atoms with E-state index in [1.807, 2.05) is 24.3 Å². The average Bonchev–Trinajstić information content (AvgIpc) is 3.35. The number of nitrogens with zero attached hydrogens (tertiary/aromatic N) is 5. The molecule has 8 nitrogen and oxygen atoms in total. The number of amides is 1. The highest BCUT2D eigenvalue weighted by atomic mass is 19.1. The number of piperidine rings is 1. The lowest BCUT2D eigenvalue weighted by atomic mass is 9.90. The van der Waals surface area contributed by atoms with Gasteiger partial charge >= 0.3 is 6.09 Å². The Bertz CT molecular complexity index is 1240. The third-order valence-electron chi connectivity index (χ3n) is 7.13. The second-order valence-electron chi connectivity index (χ2n) is 8.84. The Balaban J connectivity index is 1.20. The fraction of sp³-hybridized carbons (Fsp3) is 0.333. The summed E-state index contributed by atoms with van der Waals surface area (Å²) in [6, 6.07) is 14.9. The lowest BCUT2D eigenvalue weighted by molar-refractivity contribution is 0.129. The Hall–Kier alpha value is -3.77. The molecule has 3 aliphatic rings. The second-order valence-corrected chi connectivity index (χ2v) is 8.84. The van der Waals surface area contributed by atoms with E-state index in [2.05, 4.69) is 21.7 Å². The Morgan fingerprint density at radius 3 is 2.67 bits per heavy atom. The molecule has 3 aromatic rings. The predicted molar refractivity (Wildman–Crippen MR) is 117 cm³/mol. The van der Waals surface area contributed by atoms with Gasteiger partial charge in [-0.3, -0.25) is 4.90 Å². The Kier molecular flexibility index (Phi) is 4.45. The zero-order chi connectivity index (χ0) is 22.6. The maximum atomic E-state index is 15.1. The molecule has 3 fully saturated rings. The van der Waals surface area contributed by atoms with Gasteiger partial charge in [0, 0.05) is 36.7 Å². The van der Waals surface area contributed by atoms with Crippen molar-refractivity contribution < 1.29 is 13.9 Å². The van der Waals surface area contributed by atoms with Gasteiger partial charge in [0.25, 0.3) is 0 Å². The van der Waals surface area contributed by atoms with Crippen molar-refractivity contribution in [3.05, 3.63) is 66.2 Å². The van der Waals surface area contributed by atoms with E-state index in [0.717, 1.165) is 24.2 Å². The van der Waals surface area contributed by atoms with Crippen LogP contribution in [0, 0.1) is 29.0 Å². The van der Waals surface area contributed by atoms with E-state index in [9.17, 15) is 10.1 Å². The molecule has 3 heterocycles. The number of carbonyl (C=O) groups excluding carboxylic acids is 1. The summed E-state index contributed by atoms with van der Waals surface area (Å²) in [4.78, 5) is 13.8. The fourth-order valence-corrected chi connectivity index (χ4v) is 5.40. The van der Waals surface area contributed by atoms with Gasteiger partial charge in [-0.05, 0) is 29.3 Å². The van der Waals surface area contributed by atoms with Crippen LogP contribution in [0.2, 0.25) is 0 Å². The Morgan fingerprint density at radius 1 is 1.21 bits per heavy atom. The number of carbonyl (C=O) groups is 1. The highest BCUT2D eigenvalue weighted by Crippen LogP contribution is 2.61. The van der Waals surface area contributed by atoms with Crippen LogP contribution in [0.15, 0.2) is 54.9 Å². The molecule has 6 rings (SSSR count). The van der Waals surface area contributed by atoms with Crippen LogP contribution < -0.4 is 10.2 Å². The second kappa shape index (κ2) is 7.39. The zero-order valence-corrected chi connectivity index (χ0v) is 17.7. The van der Waals surface area contributed by atoms with E-state index in [1.54, 1.807) is 29.2 Å². The van der Waals surface area contributed by atoms with Gasteiger partial charge in [0.1, 0.15) is 11.9 Å². The van der Waals surface area contributed by atoms with Crippen molar-refractivity contribution in [1.82, 2.24) is 20.3 Å². The van der Waals surface area contributed by atoms with Crippen molar-refractivity contribution in [3.8, 4) is 17.2 Å². The topological polar surface area (TPSA) is 96.1 Å². The van der Waals surface area contributed by atoms with Gasteiger partial charge in [0.15, 0.2) is 0 Å². The van der Waals surface area contributed by atoms with Gasteiger partial charge in [-0.25, -0.2) is 13.9 Å². The van der Waals surface area contributed by atoms with Crippen molar-refractivity contribution in [2.45, 2.75) is 18.1 Å². The summed E-state index contributed by atoms with van der Waals surface area (Å²) >= 11 is 0. The third-order valence-corrected chi connectivity index (χ3v) is 7.13. The van der Waals surface area contributed by atoms with E-state index in [4.69, 9.17) is 4.74 Å². The smallest absolute Gasteiger partial charge is 0.414 e. The van der Waals surface area contributed by atoms with Gasteiger partial charge in [0.05, 0.1) is 36.5 Å². The number of nitrogens with one attached hydrogen (secondary N) is 1. The maximum Gasteiger partial charge on any atom is 0.414 e. The van der Waals surface area contributed by atoms with Crippen molar-refractivity contribution in [3.63, 3.8) is 0 Å². The van der Waals surface area contributed by atoms with Crippen LogP contribution in [0.25, 0.3) is 11.1 Å². The molecule has 4 atom stereocenters. The first-order valence-corrected chi connectivity index (χ1v) is 10.9. The monoisotopic (exact) mass is 444 g/mol. The van der Waals surface area contributed by atoms with Crippen LogP contribution in [-0.2, 0) is 16.7 Å². The number of hydrogen-bond acceptors (Lipinski definition) is 6. The summed E-state index contributed by atoms with van der Waals surface area (Å²) in [5, 5.41) is 20.8. The third kappa shape index (κ3) is 3.09. The van der Waals surface area contributed by atoms with Crippen LogP contribution in [0.5, 0.6) is 0 Å². The first-order valence-electron chi connectivity index (χ1n) is 10.9. The molecule has 0 spiro atoms. The van der Waals surface area contributed by atoms with E-state index in [0.29, 0.717) is 36.2 Å². The number of ether oxygens (including phenoxy) is 1. The van der Waals surface area contributed by atoms with Crippen LogP contribution in [0.3, 0.4) is 0 Å². The minimum atomic E-state index is -0.511. The number of fused-ring (bicyclic) bond motifs is 1. The molecule has 1 aliphatic carbocycles. The number of hydrogen-bond donors (Lipinski definition) is 1. The molecule has 1 N–H and O–H groups in total. The number of nitriles is 1. The lowest BCUT2D eigenvalue weighted by Gasteiger charge is -2.16. The molecular formula is C24H21FN6O2. The summed E-state index contributed by atoms with van der Waals surface area (Å²) < 4.78 is 22.0. The van der Waals surface area contributed by atoms with Crippen LogP contribution >= 0.6 is 0 Å².